The second-order valence-corrected chi connectivity index (χ2v) is 8.79. The Labute approximate surface area is 184 Å². The van der Waals surface area contributed by atoms with Crippen molar-refractivity contribution < 1.29 is 9.84 Å². The van der Waals surface area contributed by atoms with E-state index >= 15 is 0 Å². The SMILES string of the molecule is OC(CC1c2ccccc2-c2cncn21)C1CCC(=CCOCc2ccccc2)CC1. The number of ether oxygens (including phenoxy) is 1. The lowest BCUT2D eigenvalue weighted by Crippen LogP contribution is -2.26. The molecule has 4 nitrogen and oxygen atoms in total. The molecule has 1 saturated carbocycles. The standard InChI is InChI=1S/C27H30N2O2/c30-27(16-25-23-8-4-5-9-24(23)26-17-28-19-29(25)26)22-12-10-20(11-13-22)14-15-31-18-21-6-2-1-3-7-21/h1-9,14,17,19,22,25,27,30H,10-13,15-16,18H2. The molecule has 5 rings (SSSR count). The van der Waals surface area contributed by atoms with Crippen LogP contribution in [-0.4, -0.2) is 27.4 Å². The maximum Gasteiger partial charge on any atom is 0.0956 e. The summed E-state index contributed by atoms with van der Waals surface area (Å²) < 4.78 is 8.04. The molecule has 1 fully saturated rings. The lowest BCUT2D eigenvalue weighted by molar-refractivity contribution is 0.0743. The Morgan fingerprint density at radius 1 is 1.06 bits per heavy atom. The molecule has 0 amide bonds. The summed E-state index contributed by atoms with van der Waals surface area (Å²) in [6.07, 6.45) is 10.8. The van der Waals surface area contributed by atoms with Crippen LogP contribution in [0.5, 0.6) is 0 Å². The highest BCUT2D eigenvalue weighted by atomic mass is 16.5. The van der Waals surface area contributed by atoms with E-state index in [2.05, 4.69) is 52.0 Å². The fourth-order valence-corrected chi connectivity index (χ4v) is 5.12. The van der Waals surface area contributed by atoms with Crippen molar-refractivity contribution >= 4 is 0 Å². The average molecular weight is 415 g/mol. The van der Waals surface area contributed by atoms with E-state index in [1.165, 1.54) is 22.3 Å². The van der Waals surface area contributed by atoms with E-state index in [-0.39, 0.29) is 12.1 Å². The molecule has 1 aliphatic heterocycles. The zero-order valence-electron chi connectivity index (χ0n) is 17.9. The Kier molecular flexibility index (Phi) is 6.01. The van der Waals surface area contributed by atoms with Gasteiger partial charge in [-0.2, -0.15) is 0 Å². The third-order valence-corrected chi connectivity index (χ3v) is 6.88. The van der Waals surface area contributed by atoms with Crippen molar-refractivity contribution in [3.8, 4) is 11.3 Å². The minimum Gasteiger partial charge on any atom is -0.393 e. The number of nitrogens with zero attached hydrogens (tertiary/aromatic N) is 2. The number of aliphatic hydroxyl groups is 1. The fourth-order valence-electron chi connectivity index (χ4n) is 5.12. The van der Waals surface area contributed by atoms with Gasteiger partial charge >= 0.3 is 0 Å². The van der Waals surface area contributed by atoms with Gasteiger partial charge in [0.25, 0.3) is 0 Å². The number of fused-ring (bicyclic) bond motifs is 3. The third-order valence-electron chi connectivity index (χ3n) is 6.88. The second-order valence-electron chi connectivity index (χ2n) is 8.79. The molecule has 31 heavy (non-hydrogen) atoms. The van der Waals surface area contributed by atoms with Crippen LogP contribution in [0, 0.1) is 5.92 Å². The molecule has 0 spiro atoms. The van der Waals surface area contributed by atoms with Crippen LogP contribution in [0.3, 0.4) is 0 Å². The Balaban J connectivity index is 1.13. The van der Waals surface area contributed by atoms with Crippen molar-refractivity contribution in [2.24, 2.45) is 5.92 Å². The van der Waals surface area contributed by atoms with E-state index in [1.807, 2.05) is 30.7 Å². The zero-order valence-corrected chi connectivity index (χ0v) is 17.9. The molecule has 1 aliphatic carbocycles. The van der Waals surface area contributed by atoms with Gasteiger partial charge < -0.3 is 14.4 Å². The van der Waals surface area contributed by atoms with Gasteiger partial charge in [0.15, 0.2) is 0 Å². The lowest BCUT2D eigenvalue weighted by Gasteiger charge is -2.30. The van der Waals surface area contributed by atoms with Crippen molar-refractivity contribution in [3.05, 3.63) is 89.9 Å². The molecule has 0 radical (unpaired) electrons. The molecule has 3 aromatic rings. The summed E-state index contributed by atoms with van der Waals surface area (Å²) in [4.78, 5) is 4.34. The first kappa shape index (κ1) is 20.2. The van der Waals surface area contributed by atoms with Crippen LogP contribution in [0.25, 0.3) is 11.3 Å². The zero-order chi connectivity index (χ0) is 21.0. The number of benzene rings is 2. The van der Waals surface area contributed by atoms with E-state index in [0.29, 0.717) is 19.1 Å². The summed E-state index contributed by atoms with van der Waals surface area (Å²) in [7, 11) is 0. The van der Waals surface area contributed by atoms with Crippen molar-refractivity contribution in [1.82, 2.24) is 9.55 Å². The first-order chi connectivity index (χ1) is 15.3. The van der Waals surface area contributed by atoms with Crippen LogP contribution >= 0.6 is 0 Å². The summed E-state index contributed by atoms with van der Waals surface area (Å²) in [5, 5.41) is 11.1. The van der Waals surface area contributed by atoms with Gasteiger partial charge in [-0.3, -0.25) is 0 Å². The minimum absolute atomic E-state index is 0.187. The monoisotopic (exact) mass is 414 g/mol. The second kappa shape index (κ2) is 9.21. The average Bonchev–Trinajstić information content (AvgIpc) is 3.40. The topological polar surface area (TPSA) is 47.3 Å². The van der Waals surface area contributed by atoms with Gasteiger partial charge in [-0.1, -0.05) is 66.2 Å². The van der Waals surface area contributed by atoms with E-state index in [0.717, 1.165) is 37.8 Å². The maximum absolute atomic E-state index is 11.1. The Bertz CT molecular complexity index is 1030. The number of allylic oxidation sites excluding steroid dienone is 1. The Morgan fingerprint density at radius 3 is 2.68 bits per heavy atom. The van der Waals surface area contributed by atoms with E-state index in [4.69, 9.17) is 4.74 Å². The number of hydrogen-bond donors (Lipinski definition) is 1. The minimum atomic E-state index is -0.290. The summed E-state index contributed by atoms with van der Waals surface area (Å²) >= 11 is 0. The lowest BCUT2D eigenvalue weighted by atomic mass is 9.80. The highest BCUT2D eigenvalue weighted by Gasteiger charge is 2.32. The van der Waals surface area contributed by atoms with E-state index in [9.17, 15) is 5.11 Å². The molecule has 160 valence electrons. The van der Waals surface area contributed by atoms with Gasteiger partial charge in [0, 0.05) is 5.56 Å². The molecule has 1 aromatic heterocycles. The normalized spacial score (nSPS) is 20.9. The largest absolute Gasteiger partial charge is 0.393 e. The molecule has 1 N–H and O–H groups in total. The van der Waals surface area contributed by atoms with Crippen LogP contribution < -0.4 is 0 Å². The maximum atomic E-state index is 11.1. The fraction of sp³-hybridized carbons (Fsp3) is 0.370. The number of imidazole rings is 1. The Morgan fingerprint density at radius 2 is 1.84 bits per heavy atom. The molecule has 2 unspecified atom stereocenters. The number of aliphatic hydroxyl groups excluding tert-OH is 1. The molecule has 2 aliphatic rings. The molecule has 2 aromatic carbocycles. The van der Waals surface area contributed by atoms with Gasteiger partial charge in [-0.25, -0.2) is 4.98 Å². The summed E-state index contributed by atoms with van der Waals surface area (Å²) in [5.74, 6) is 0.363. The molecular formula is C27H30N2O2. The van der Waals surface area contributed by atoms with Gasteiger partial charge in [-0.15, -0.1) is 0 Å². The van der Waals surface area contributed by atoms with E-state index in [1.54, 1.807) is 0 Å². The predicted molar refractivity (Wildman–Crippen MR) is 123 cm³/mol. The molecule has 4 heteroatoms. The van der Waals surface area contributed by atoms with Crippen molar-refractivity contribution in [2.45, 2.75) is 50.9 Å². The molecule has 0 saturated heterocycles. The number of rotatable bonds is 7. The van der Waals surface area contributed by atoms with Gasteiger partial charge in [-0.05, 0) is 49.1 Å². The summed E-state index contributed by atoms with van der Waals surface area (Å²) in [5.41, 5.74) is 6.41. The van der Waals surface area contributed by atoms with Crippen molar-refractivity contribution in [2.75, 3.05) is 6.61 Å². The third kappa shape index (κ3) is 4.36. The highest BCUT2D eigenvalue weighted by molar-refractivity contribution is 5.68. The van der Waals surface area contributed by atoms with Gasteiger partial charge in [0.1, 0.15) is 0 Å². The number of hydrogen-bond acceptors (Lipinski definition) is 3. The van der Waals surface area contributed by atoms with Crippen LogP contribution in [0.4, 0.5) is 0 Å². The van der Waals surface area contributed by atoms with Gasteiger partial charge in [0.05, 0.1) is 43.6 Å². The summed E-state index contributed by atoms with van der Waals surface area (Å²) in [6, 6.07) is 19.0. The van der Waals surface area contributed by atoms with Crippen LogP contribution in [0.15, 0.2) is 78.8 Å². The van der Waals surface area contributed by atoms with Gasteiger partial charge in [0.2, 0.25) is 0 Å². The molecule has 2 heterocycles. The predicted octanol–water partition coefficient (Wildman–Crippen LogP) is 5.54. The van der Waals surface area contributed by atoms with Crippen LogP contribution in [-0.2, 0) is 11.3 Å². The summed E-state index contributed by atoms with van der Waals surface area (Å²) in [6.45, 7) is 1.32. The molecule has 2 atom stereocenters. The first-order valence-corrected chi connectivity index (χ1v) is 11.4. The Hall–Kier alpha value is -2.69. The molecular weight excluding hydrogens is 384 g/mol. The highest BCUT2D eigenvalue weighted by Crippen LogP contribution is 2.43. The number of aromatic nitrogens is 2. The van der Waals surface area contributed by atoms with Crippen molar-refractivity contribution in [3.63, 3.8) is 0 Å². The first-order valence-electron chi connectivity index (χ1n) is 11.4. The molecule has 0 bridgehead atoms. The van der Waals surface area contributed by atoms with E-state index < -0.39 is 0 Å². The smallest absolute Gasteiger partial charge is 0.0956 e. The quantitative estimate of drug-likeness (QED) is 0.408. The van der Waals surface area contributed by atoms with Crippen LogP contribution in [0.1, 0.15) is 49.3 Å². The van der Waals surface area contributed by atoms with Crippen LogP contribution in [0.2, 0.25) is 0 Å². The van der Waals surface area contributed by atoms with Crippen molar-refractivity contribution in [1.29, 1.82) is 0 Å².